The molecule has 1 heterocycles. The highest BCUT2D eigenvalue weighted by Crippen LogP contribution is 2.10. The van der Waals surface area contributed by atoms with E-state index in [9.17, 15) is 23.6 Å². The van der Waals surface area contributed by atoms with Crippen molar-refractivity contribution >= 4 is 23.7 Å². The fraction of sp³-hybridized carbons (Fsp3) is 0.474. The van der Waals surface area contributed by atoms with Crippen LogP contribution in [0.15, 0.2) is 24.3 Å². The molecular formula is C19H24FN3O5. The molecule has 0 aliphatic carbocycles. The van der Waals surface area contributed by atoms with E-state index in [2.05, 4.69) is 5.32 Å². The van der Waals surface area contributed by atoms with Crippen LogP contribution in [0.25, 0.3) is 0 Å². The second kappa shape index (κ2) is 10.4. The Labute approximate surface area is 162 Å². The second-order valence-electron chi connectivity index (χ2n) is 6.25. The molecule has 1 fully saturated rings. The molecular weight excluding hydrogens is 369 g/mol. The first-order valence-corrected chi connectivity index (χ1v) is 9.16. The number of rotatable bonds is 7. The number of carbonyl (C=O) groups is 4. The molecule has 9 heteroatoms. The first-order valence-electron chi connectivity index (χ1n) is 9.16. The monoisotopic (exact) mass is 393 g/mol. The molecule has 1 aromatic carbocycles. The topological polar surface area (TPSA) is 96.0 Å². The molecule has 0 spiro atoms. The minimum absolute atomic E-state index is 0.0501. The van der Waals surface area contributed by atoms with Crippen LogP contribution < -0.4 is 5.32 Å². The van der Waals surface area contributed by atoms with E-state index in [0.717, 1.165) is 0 Å². The molecule has 0 bridgehead atoms. The number of ketones is 1. The summed E-state index contributed by atoms with van der Waals surface area (Å²) in [4.78, 5) is 50.7. The molecule has 0 radical (unpaired) electrons. The maximum absolute atomic E-state index is 13.5. The number of piperazine rings is 1. The third kappa shape index (κ3) is 6.04. The Morgan fingerprint density at radius 1 is 1.04 bits per heavy atom. The van der Waals surface area contributed by atoms with Crippen LogP contribution in [-0.4, -0.2) is 72.8 Å². The first kappa shape index (κ1) is 21.3. The van der Waals surface area contributed by atoms with Crippen molar-refractivity contribution in [3.63, 3.8) is 0 Å². The van der Waals surface area contributed by atoms with Crippen LogP contribution in [0, 0.1) is 5.82 Å². The van der Waals surface area contributed by atoms with Gasteiger partial charge in [-0.3, -0.25) is 14.4 Å². The minimum Gasteiger partial charge on any atom is -0.450 e. The van der Waals surface area contributed by atoms with Gasteiger partial charge in [0.15, 0.2) is 5.78 Å². The minimum atomic E-state index is -0.620. The fourth-order valence-corrected chi connectivity index (χ4v) is 2.78. The van der Waals surface area contributed by atoms with Crippen molar-refractivity contribution in [1.29, 1.82) is 0 Å². The maximum atomic E-state index is 13.5. The summed E-state index contributed by atoms with van der Waals surface area (Å²) in [6, 6.07) is 5.59. The predicted molar refractivity (Wildman–Crippen MR) is 98.1 cm³/mol. The normalized spacial score (nSPS) is 13.8. The van der Waals surface area contributed by atoms with Crippen molar-refractivity contribution in [3.8, 4) is 0 Å². The molecule has 1 aromatic rings. The Morgan fingerprint density at radius 2 is 1.68 bits per heavy atom. The molecule has 1 saturated heterocycles. The van der Waals surface area contributed by atoms with Crippen molar-refractivity contribution < 1.29 is 28.3 Å². The number of carbonyl (C=O) groups excluding carboxylic acids is 4. The van der Waals surface area contributed by atoms with Crippen LogP contribution in [0.1, 0.15) is 30.1 Å². The van der Waals surface area contributed by atoms with E-state index in [1.165, 1.54) is 23.1 Å². The van der Waals surface area contributed by atoms with E-state index in [1.54, 1.807) is 17.9 Å². The molecule has 0 aromatic heterocycles. The van der Waals surface area contributed by atoms with Gasteiger partial charge in [0.2, 0.25) is 11.8 Å². The quantitative estimate of drug-likeness (QED) is 0.703. The SMILES string of the molecule is CCOC(=O)N1CCN(C(=O)CNC(=O)CCC(=O)c2ccccc2F)CC1. The van der Waals surface area contributed by atoms with Crippen LogP contribution in [0.4, 0.5) is 9.18 Å². The lowest BCUT2D eigenvalue weighted by molar-refractivity contribution is -0.134. The Morgan fingerprint density at radius 3 is 2.32 bits per heavy atom. The van der Waals surface area contributed by atoms with Gasteiger partial charge in [-0.2, -0.15) is 0 Å². The molecule has 1 aliphatic rings. The summed E-state index contributed by atoms with van der Waals surface area (Å²) in [6.07, 6.45) is -0.668. The van der Waals surface area contributed by atoms with Gasteiger partial charge in [0.05, 0.1) is 18.7 Å². The number of benzene rings is 1. The summed E-state index contributed by atoms with van der Waals surface area (Å²) in [5.74, 6) is -1.81. The van der Waals surface area contributed by atoms with Gasteiger partial charge in [-0.15, -0.1) is 0 Å². The molecule has 1 aliphatic heterocycles. The average Bonchev–Trinajstić information content (AvgIpc) is 2.70. The summed E-state index contributed by atoms with van der Waals surface area (Å²) >= 11 is 0. The lowest BCUT2D eigenvalue weighted by atomic mass is 10.1. The second-order valence-corrected chi connectivity index (χ2v) is 6.25. The van der Waals surface area contributed by atoms with E-state index >= 15 is 0 Å². The van der Waals surface area contributed by atoms with E-state index < -0.39 is 23.6 Å². The zero-order valence-corrected chi connectivity index (χ0v) is 15.8. The highest BCUT2D eigenvalue weighted by Gasteiger charge is 2.25. The van der Waals surface area contributed by atoms with Gasteiger partial charge >= 0.3 is 6.09 Å². The number of halogens is 1. The maximum Gasteiger partial charge on any atom is 0.409 e. The average molecular weight is 393 g/mol. The Kier molecular flexibility index (Phi) is 7.91. The van der Waals surface area contributed by atoms with Crippen molar-refractivity contribution in [2.24, 2.45) is 0 Å². The molecule has 3 amide bonds. The predicted octanol–water partition coefficient (Wildman–Crippen LogP) is 1.21. The Bertz CT molecular complexity index is 732. The number of ether oxygens (including phenoxy) is 1. The number of nitrogens with one attached hydrogen (secondary N) is 1. The number of hydrogen-bond acceptors (Lipinski definition) is 5. The highest BCUT2D eigenvalue weighted by atomic mass is 19.1. The van der Waals surface area contributed by atoms with Crippen LogP contribution in [-0.2, 0) is 14.3 Å². The van der Waals surface area contributed by atoms with E-state index in [4.69, 9.17) is 4.74 Å². The largest absolute Gasteiger partial charge is 0.450 e. The van der Waals surface area contributed by atoms with Crippen LogP contribution in [0.2, 0.25) is 0 Å². The van der Waals surface area contributed by atoms with Crippen molar-refractivity contribution in [2.45, 2.75) is 19.8 Å². The number of hydrogen-bond donors (Lipinski definition) is 1. The highest BCUT2D eigenvalue weighted by molar-refractivity contribution is 5.98. The molecule has 8 nitrogen and oxygen atoms in total. The molecule has 2 rings (SSSR count). The summed E-state index contributed by atoms with van der Waals surface area (Å²) < 4.78 is 18.5. The summed E-state index contributed by atoms with van der Waals surface area (Å²) in [7, 11) is 0. The van der Waals surface area contributed by atoms with Gasteiger partial charge in [-0.25, -0.2) is 9.18 Å². The van der Waals surface area contributed by atoms with Gasteiger partial charge < -0.3 is 19.9 Å². The van der Waals surface area contributed by atoms with Gasteiger partial charge in [0, 0.05) is 39.0 Å². The van der Waals surface area contributed by atoms with E-state index in [-0.39, 0.29) is 30.9 Å². The van der Waals surface area contributed by atoms with Crippen LogP contribution in [0.5, 0.6) is 0 Å². The van der Waals surface area contributed by atoms with Crippen molar-refractivity contribution in [2.75, 3.05) is 39.3 Å². The van der Waals surface area contributed by atoms with Crippen LogP contribution >= 0.6 is 0 Å². The standard InChI is InChI=1S/C19H24FN3O5/c1-2-28-19(27)23-11-9-22(10-12-23)18(26)13-21-17(25)8-7-16(24)14-5-3-4-6-15(14)20/h3-6H,2,7-13H2,1H3,(H,21,25). The zero-order chi connectivity index (χ0) is 20.5. The summed E-state index contributed by atoms with van der Waals surface area (Å²) in [6.45, 7) is 3.30. The molecule has 0 unspecified atom stereocenters. The number of Topliss-reactive ketones (excluding diaryl/α,β-unsaturated/α-hetero) is 1. The third-order valence-corrected chi connectivity index (χ3v) is 4.35. The number of amides is 3. The molecule has 0 saturated carbocycles. The lowest BCUT2D eigenvalue weighted by Crippen LogP contribution is -2.52. The van der Waals surface area contributed by atoms with Crippen molar-refractivity contribution in [3.05, 3.63) is 35.6 Å². The molecule has 1 N–H and O–H groups in total. The van der Waals surface area contributed by atoms with Gasteiger partial charge in [0.1, 0.15) is 5.82 Å². The van der Waals surface area contributed by atoms with Crippen LogP contribution in [0.3, 0.4) is 0 Å². The smallest absolute Gasteiger partial charge is 0.409 e. The van der Waals surface area contributed by atoms with Gasteiger partial charge in [-0.1, -0.05) is 12.1 Å². The van der Waals surface area contributed by atoms with E-state index in [0.29, 0.717) is 32.8 Å². The van der Waals surface area contributed by atoms with Gasteiger partial charge in [0.25, 0.3) is 0 Å². The molecule has 152 valence electrons. The number of nitrogens with zero attached hydrogens (tertiary/aromatic N) is 2. The molecule has 28 heavy (non-hydrogen) atoms. The fourth-order valence-electron chi connectivity index (χ4n) is 2.78. The summed E-state index contributed by atoms with van der Waals surface area (Å²) in [5, 5.41) is 2.47. The Hall–Kier alpha value is -2.97. The summed E-state index contributed by atoms with van der Waals surface area (Å²) in [5.41, 5.74) is -0.0501. The third-order valence-electron chi connectivity index (χ3n) is 4.35. The van der Waals surface area contributed by atoms with Crippen molar-refractivity contribution in [1.82, 2.24) is 15.1 Å². The van der Waals surface area contributed by atoms with E-state index in [1.807, 2.05) is 0 Å². The molecule has 0 atom stereocenters. The van der Waals surface area contributed by atoms with Gasteiger partial charge in [-0.05, 0) is 19.1 Å². The lowest BCUT2D eigenvalue weighted by Gasteiger charge is -2.34. The Balaban J connectivity index is 1.69. The zero-order valence-electron chi connectivity index (χ0n) is 15.8. The first-order chi connectivity index (χ1) is 13.4.